The van der Waals surface area contributed by atoms with Gasteiger partial charge in [-0.1, -0.05) is 18.2 Å². The standard InChI is InChI=1S/C27H31N3O3S/c1-3-33-24-9-5-4-8-22(24)28-12-14-29(15-13-28)27(32)25-23(31)17-19(2)30(26(25)20-10-11-20)18-21-7-6-16-34-21/h4-9,16-17,20H,3,10-15,18H2,1-2H3. The highest BCUT2D eigenvalue weighted by atomic mass is 32.1. The number of aromatic nitrogens is 1. The molecular weight excluding hydrogens is 446 g/mol. The van der Waals surface area contributed by atoms with E-state index in [9.17, 15) is 9.59 Å². The second kappa shape index (κ2) is 9.66. The maximum atomic E-state index is 13.7. The molecule has 3 heterocycles. The van der Waals surface area contributed by atoms with E-state index >= 15 is 0 Å². The number of anilines is 1. The van der Waals surface area contributed by atoms with E-state index in [1.807, 2.05) is 43.0 Å². The summed E-state index contributed by atoms with van der Waals surface area (Å²) in [4.78, 5) is 32.2. The third-order valence-corrected chi connectivity index (χ3v) is 7.56. The molecule has 1 aliphatic carbocycles. The minimum atomic E-state index is -0.143. The summed E-state index contributed by atoms with van der Waals surface area (Å²) >= 11 is 1.71. The van der Waals surface area contributed by atoms with Crippen molar-refractivity contribution in [2.24, 2.45) is 0 Å². The smallest absolute Gasteiger partial charge is 0.259 e. The van der Waals surface area contributed by atoms with Crippen molar-refractivity contribution < 1.29 is 9.53 Å². The summed E-state index contributed by atoms with van der Waals surface area (Å²) in [6.07, 6.45) is 2.07. The predicted octanol–water partition coefficient (Wildman–Crippen LogP) is 4.51. The van der Waals surface area contributed by atoms with Gasteiger partial charge in [-0.15, -0.1) is 11.3 Å². The van der Waals surface area contributed by atoms with Gasteiger partial charge in [0.05, 0.1) is 18.8 Å². The van der Waals surface area contributed by atoms with Crippen LogP contribution >= 0.6 is 11.3 Å². The Kier molecular flexibility index (Phi) is 6.46. The number of amides is 1. The number of benzene rings is 1. The highest BCUT2D eigenvalue weighted by molar-refractivity contribution is 7.09. The number of rotatable bonds is 7. The number of aryl methyl sites for hydroxylation is 1. The van der Waals surface area contributed by atoms with Crippen LogP contribution in [0.15, 0.2) is 52.6 Å². The molecule has 2 aromatic heterocycles. The number of nitrogens with zero attached hydrogens (tertiary/aromatic N) is 3. The average molecular weight is 478 g/mol. The second-order valence-corrected chi connectivity index (χ2v) is 10.1. The zero-order valence-electron chi connectivity index (χ0n) is 19.8. The number of pyridine rings is 1. The van der Waals surface area contributed by atoms with Crippen LogP contribution in [0.2, 0.25) is 0 Å². The minimum absolute atomic E-state index is 0.121. The SMILES string of the molecule is CCOc1ccccc1N1CCN(C(=O)c2c(C3CC3)n(Cc3cccs3)c(C)cc2=O)CC1. The van der Waals surface area contributed by atoms with Crippen molar-refractivity contribution in [2.75, 3.05) is 37.7 Å². The lowest BCUT2D eigenvalue weighted by atomic mass is 10.0. The van der Waals surface area contributed by atoms with Gasteiger partial charge in [0.1, 0.15) is 11.3 Å². The number of hydrogen-bond donors (Lipinski definition) is 0. The van der Waals surface area contributed by atoms with Crippen molar-refractivity contribution in [3.63, 3.8) is 0 Å². The lowest BCUT2D eigenvalue weighted by Gasteiger charge is -2.37. The molecule has 1 saturated carbocycles. The first kappa shape index (κ1) is 22.7. The zero-order valence-corrected chi connectivity index (χ0v) is 20.6. The molecule has 34 heavy (non-hydrogen) atoms. The van der Waals surface area contributed by atoms with E-state index in [1.165, 1.54) is 4.88 Å². The lowest BCUT2D eigenvalue weighted by Crippen LogP contribution is -2.50. The molecular formula is C27H31N3O3S. The fourth-order valence-electron chi connectivity index (χ4n) is 4.86. The van der Waals surface area contributed by atoms with Crippen LogP contribution in [0.3, 0.4) is 0 Å². The first-order valence-electron chi connectivity index (χ1n) is 12.1. The van der Waals surface area contributed by atoms with Crippen molar-refractivity contribution in [3.8, 4) is 5.75 Å². The molecule has 1 aliphatic heterocycles. The molecule has 3 aromatic rings. The van der Waals surface area contributed by atoms with Crippen LogP contribution in [0.1, 0.15) is 52.3 Å². The Bertz CT molecular complexity index is 1220. The van der Waals surface area contributed by atoms with Gasteiger partial charge in [0, 0.05) is 54.4 Å². The van der Waals surface area contributed by atoms with Gasteiger partial charge < -0.3 is 19.1 Å². The maximum absolute atomic E-state index is 13.7. The molecule has 1 amide bonds. The van der Waals surface area contributed by atoms with Gasteiger partial charge in [-0.25, -0.2) is 0 Å². The Labute approximate surface area is 204 Å². The fourth-order valence-corrected chi connectivity index (χ4v) is 5.55. The average Bonchev–Trinajstić information content (AvgIpc) is 3.56. The topological polar surface area (TPSA) is 54.8 Å². The van der Waals surface area contributed by atoms with Gasteiger partial charge in [0.15, 0.2) is 5.43 Å². The van der Waals surface area contributed by atoms with Crippen LogP contribution in [-0.4, -0.2) is 48.2 Å². The molecule has 2 fully saturated rings. The molecule has 0 radical (unpaired) electrons. The summed E-state index contributed by atoms with van der Waals surface area (Å²) < 4.78 is 8.00. The summed E-state index contributed by atoms with van der Waals surface area (Å²) in [5.41, 5.74) is 3.16. The number of ether oxygens (including phenoxy) is 1. The summed E-state index contributed by atoms with van der Waals surface area (Å²) in [6, 6.07) is 13.8. The summed E-state index contributed by atoms with van der Waals surface area (Å²) in [5.74, 6) is 1.05. The summed E-state index contributed by atoms with van der Waals surface area (Å²) in [5, 5.41) is 2.07. The molecule has 0 unspecified atom stereocenters. The Morgan fingerprint density at radius 1 is 1.09 bits per heavy atom. The molecule has 2 aliphatic rings. The van der Waals surface area contributed by atoms with E-state index in [0.29, 0.717) is 50.8 Å². The number of thiophene rings is 1. The molecule has 6 nitrogen and oxygen atoms in total. The molecule has 178 valence electrons. The number of hydrogen-bond acceptors (Lipinski definition) is 5. The Balaban J connectivity index is 1.40. The molecule has 0 spiro atoms. The Morgan fingerprint density at radius 2 is 1.85 bits per heavy atom. The van der Waals surface area contributed by atoms with Crippen molar-refractivity contribution in [2.45, 2.75) is 39.2 Å². The van der Waals surface area contributed by atoms with Crippen molar-refractivity contribution in [3.05, 3.63) is 79.9 Å². The van der Waals surface area contributed by atoms with Gasteiger partial charge in [0.25, 0.3) is 5.91 Å². The molecule has 0 N–H and O–H groups in total. The van der Waals surface area contributed by atoms with Gasteiger partial charge in [-0.3, -0.25) is 9.59 Å². The van der Waals surface area contributed by atoms with Crippen molar-refractivity contribution in [1.29, 1.82) is 0 Å². The van der Waals surface area contributed by atoms with Gasteiger partial charge in [-0.2, -0.15) is 0 Å². The third-order valence-electron chi connectivity index (χ3n) is 6.70. The molecule has 7 heteroatoms. The zero-order chi connectivity index (χ0) is 23.7. The van der Waals surface area contributed by atoms with Crippen LogP contribution in [0, 0.1) is 6.92 Å². The monoisotopic (exact) mass is 477 g/mol. The van der Waals surface area contributed by atoms with Crippen LogP contribution < -0.4 is 15.1 Å². The summed E-state index contributed by atoms with van der Waals surface area (Å²) in [7, 11) is 0. The number of piperazine rings is 1. The largest absolute Gasteiger partial charge is 0.492 e. The highest BCUT2D eigenvalue weighted by Gasteiger charge is 2.35. The molecule has 0 bridgehead atoms. The van der Waals surface area contributed by atoms with E-state index in [1.54, 1.807) is 17.4 Å². The predicted molar refractivity (Wildman–Crippen MR) is 137 cm³/mol. The van der Waals surface area contributed by atoms with E-state index in [0.717, 1.165) is 35.7 Å². The molecule has 0 atom stereocenters. The van der Waals surface area contributed by atoms with E-state index in [2.05, 4.69) is 27.0 Å². The maximum Gasteiger partial charge on any atom is 0.259 e. The quantitative estimate of drug-likeness (QED) is 0.503. The van der Waals surface area contributed by atoms with Crippen LogP contribution in [0.25, 0.3) is 0 Å². The lowest BCUT2D eigenvalue weighted by molar-refractivity contribution is 0.0743. The fraction of sp³-hybridized carbons (Fsp3) is 0.407. The van der Waals surface area contributed by atoms with E-state index in [-0.39, 0.29) is 11.3 Å². The molecule has 1 aromatic carbocycles. The van der Waals surface area contributed by atoms with Crippen molar-refractivity contribution >= 4 is 22.9 Å². The third kappa shape index (κ3) is 4.49. The Morgan fingerprint density at radius 3 is 2.53 bits per heavy atom. The number of para-hydroxylation sites is 2. The molecule has 5 rings (SSSR count). The first-order chi connectivity index (χ1) is 16.6. The van der Waals surface area contributed by atoms with Crippen LogP contribution in [0.4, 0.5) is 5.69 Å². The summed E-state index contributed by atoms with van der Waals surface area (Å²) in [6.45, 7) is 7.88. The van der Waals surface area contributed by atoms with Gasteiger partial charge >= 0.3 is 0 Å². The van der Waals surface area contributed by atoms with Crippen LogP contribution in [-0.2, 0) is 6.54 Å². The highest BCUT2D eigenvalue weighted by Crippen LogP contribution is 2.42. The minimum Gasteiger partial charge on any atom is -0.492 e. The molecule has 1 saturated heterocycles. The van der Waals surface area contributed by atoms with Crippen LogP contribution in [0.5, 0.6) is 5.75 Å². The first-order valence-corrected chi connectivity index (χ1v) is 13.0. The number of carbonyl (C=O) groups excluding carboxylic acids is 1. The Hall–Kier alpha value is -3.06. The van der Waals surface area contributed by atoms with Gasteiger partial charge in [-0.05, 0) is 50.3 Å². The second-order valence-electron chi connectivity index (χ2n) is 9.03. The van der Waals surface area contributed by atoms with E-state index < -0.39 is 0 Å². The van der Waals surface area contributed by atoms with Gasteiger partial charge in [0.2, 0.25) is 0 Å². The normalized spacial score (nSPS) is 16.1. The number of carbonyl (C=O) groups is 1. The van der Waals surface area contributed by atoms with E-state index in [4.69, 9.17) is 4.74 Å². The van der Waals surface area contributed by atoms with Crippen molar-refractivity contribution in [1.82, 2.24) is 9.47 Å².